The van der Waals surface area contributed by atoms with Crippen LogP contribution in [0.3, 0.4) is 0 Å². The molecule has 8 N–H and O–H groups in total. The molecule has 50 heavy (non-hydrogen) atoms. The van der Waals surface area contributed by atoms with Crippen molar-refractivity contribution >= 4 is 41.7 Å². The summed E-state index contributed by atoms with van der Waals surface area (Å²) < 4.78 is 16.1. The molecule has 0 aromatic carbocycles. The molecule has 0 saturated heterocycles. The van der Waals surface area contributed by atoms with E-state index in [1.807, 2.05) is 19.2 Å². The predicted molar refractivity (Wildman–Crippen MR) is 181 cm³/mol. The molecule has 18 nitrogen and oxygen atoms in total. The van der Waals surface area contributed by atoms with Gasteiger partial charge in [0.2, 0.25) is 17.7 Å². The third-order valence-electron chi connectivity index (χ3n) is 6.62. The highest BCUT2D eigenvalue weighted by atomic mass is 16.5. The Balaban J connectivity index is 0. The molecule has 0 aliphatic heterocycles. The SMILES string of the molecule is CC.CCC(=O)NCCOCCOCCOCCNC(=O)CCCCCCCNC(=O)CCC(NC(=O)NC(CCC(=O)O)C(=O)O)C(=O)O. The van der Waals surface area contributed by atoms with Gasteiger partial charge in [-0.15, -0.1) is 0 Å². The molecule has 0 aliphatic rings. The largest absolute Gasteiger partial charge is 0.481 e. The van der Waals surface area contributed by atoms with Gasteiger partial charge in [0.1, 0.15) is 12.1 Å². The van der Waals surface area contributed by atoms with Gasteiger partial charge in [-0.3, -0.25) is 19.2 Å². The van der Waals surface area contributed by atoms with Crippen molar-refractivity contribution in [1.29, 1.82) is 0 Å². The summed E-state index contributed by atoms with van der Waals surface area (Å²) in [6.45, 7) is 9.51. The molecular weight excluding hydrogens is 662 g/mol. The second-order valence-electron chi connectivity index (χ2n) is 10.6. The number of hydrogen-bond acceptors (Lipinski definition) is 10. The van der Waals surface area contributed by atoms with Crippen LogP contribution in [-0.4, -0.2) is 128 Å². The van der Waals surface area contributed by atoms with Crippen LogP contribution >= 0.6 is 0 Å². The summed E-state index contributed by atoms with van der Waals surface area (Å²) in [4.78, 5) is 80.4. The van der Waals surface area contributed by atoms with Crippen LogP contribution in [0.4, 0.5) is 4.79 Å². The number of rotatable bonds is 31. The first-order valence-electron chi connectivity index (χ1n) is 17.2. The quantitative estimate of drug-likeness (QED) is 0.0465. The fraction of sp³-hybridized carbons (Fsp3) is 0.781. The van der Waals surface area contributed by atoms with E-state index in [1.165, 1.54) is 0 Å². The van der Waals surface area contributed by atoms with E-state index >= 15 is 0 Å². The molecule has 0 spiro atoms. The molecule has 0 bridgehead atoms. The number of unbranched alkanes of at least 4 members (excludes halogenated alkanes) is 4. The number of amides is 5. The maximum absolute atomic E-state index is 12.1. The summed E-state index contributed by atoms with van der Waals surface area (Å²) in [5.74, 6) is -4.60. The van der Waals surface area contributed by atoms with Crippen LogP contribution in [0, 0.1) is 0 Å². The zero-order valence-corrected chi connectivity index (χ0v) is 29.7. The van der Waals surface area contributed by atoms with Crippen LogP contribution in [0.1, 0.15) is 91.4 Å². The lowest BCUT2D eigenvalue weighted by molar-refractivity contribution is -0.141. The first kappa shape index (κ1) is 48.1. The van der Waals surface area contributed by atoms with Crippen LogP contribution < -0.4 is 26.6 Å². The summed E-state index contributed by atoms with van der Waals surface area (Å²) in [6, 6.07) is -4.07. The monoisotopic (exact) mass is 721 g/mol. The molecule has 5 amide bonds. The minimum atomic E-state index is -1.52. The van der Waals surface area contributed by atoms with Crippen molar-refractivity contribution in [1.82, 2.24) is 26.6 Å². The van der Waals surface area contributed by atoms with Crippen LogP contribution in [0.5, 0.6) is 0 Å². The lowest BCUT2D eigenvalue weighted by atomic mass is 10.1. The lowest BCUT2D eigenvalue weighted by Gasteiger charge is -2.18. The van der Waals surface area contributed by atoms with Gasteiger partial charge < -0.3 is 56.1 Å². The minimum absolute atomic E-state index is 0.0111. The average molecular weight is 722 g/mol. The van der Waals surface area contributed by atoms with Crippen molar-refractivity contribution in [2.75, 3.05) is 59.3 Å². The maximum atomic E-state index is 12.1. The van der Waals surface area contributed by atoms with E-state index in [-0.39, 0.29) is 31.1 Å². The van der Waals surface area contributed by atoms with Gasteiger partial charge in [0.15, 0.2) is 0 Å². The first-order valence-corrected chi connectivity index (χ1v) is 17.2. The third kappa shape index (κ3) is 31.3. The van der Waals surface area contributed by atoms with E-state index in [1.54, 1.807) is 6.92 Å². The van der Waals surface area contributed by atoms with Gasteiger partial charge in [0.05, 0.1) is 39.6 Å². The minimum Gasteiger partial charge on any atom is -0.481 e. The second kappa shape index (κ2) is 33.5. The van der Waals surface area contributed by atoms with Crippen molar-refractivity contribution in [3.8, 4) is 0 Å². The van der Waals surface area contributed by atoms with Gasteiger partial charge in [-0.2, -0.15) is 0 Å². The van der Waals surface area contributed by atoms with E-state index in [9.17, 15) is 38.7 Å². The molecule has 2 atom stereocenters. The number of nitrogens with one attached hydrogen (secondary N) is 5. The van der Waals surface area contributed by atoms with Crippen LogP contribution in [-0.2, 0) is 43.0 Å². The fourth-order valence-corrected chi connectivity index (χ4v) is 3.95. The van der Waals surface area contributed by atoms with Crippen LogP contribution in [0.15, 0.2) is 0 Å². The molecule has 0 rings (SSSR count). The van der Waals surface area contributed by atoms with Crippen molar-refractivity contribution < 1.29 is 63.1 Å². The Hall–Kier alpha value is -4.03. The predicted octanol–water partition coefficient (Wildman–Crippen LogP) is 1.01. The molecule has 0 aromatic rings. The smallest absolute Gasteiger partial charge is 0.326 e. The number of carboxylic acid groups (broad SMARTS) is 3. The van der Waals surface area contributed by atoms with Gasteiger partial charge in [0, 0.05) is 45.3 Å². The molecule has 0 radical (unpaired) electrons. The number of carbonyl (C=O) groups excluding carboxylic acids is 4. The molecule has 0 heterocycles. The highest BCUT2D eigenvalue weighted by molar-refractivity contribution is 5.86. The Morgan fingerprint density at radius 3 is 1.44 bits per heavy atom. The van der Waals surface area contributed by atoms with E-state index in [0.29, 0.717) is 78.5 Å². The highest BCUT2D eigenvalue weighted by Gasteiger charge is 2.25. The number of carboxylic acids is 3. The molecule has 0 aromatic heterocycles. The Morgan fingerprint density at radius 1 is 0.520 bits per heavy atom. The Bertz CT molecular complexity index is 984. The maximum Gasteiger partial charge on any atom is 0.326 e. The van der Waals surface area contributed by atoms with Crippen molar-refractivity contribution in [2.45, 2.75) is 103 Å². The number of carbonyl (C=O) groups is 7. The fourth-order valence-electron chi connectivity index (χ4n) is 3.95. The Labute approximate surface area is 294 Å². The van der Waals surface area contributed by atoms with Gasteiger partial charge >= 0.3 is 23.9 Å². The summed E-state index contributed by atoms with van der Waals surface area (Å²) in [6.07, 6.45) is 3.50. The normalized spacial score (nSPS) is 11.6. The number of urea groups is 1. The molecule has 2 unspecified atom stereocenters. The summed E-state index contributed by atoms with van der Waals surface area (Å²) in [5, 5.41) is 39.4. The van der Waals surface area contributed by atoms with Gasteiger partial charge in [0.25, 0.3) is 0 Å². The highest BCUT2D eigenvalue weighted by Crippen LogP contribution is 2.06. The lowest BCUT2D eigenvalue weighted by Crippen LogP contribution is -2.51. The van der Waals surface area contributed by atoms with Crippen molar-refractivity contribution in [3.05, 3.63) is 0 Å². The van der Waals surface area contributed by atoms with E-state index in [2.05, 4.69) is 21.3 Å². The Kier molecular flexibility index (Phi) is 32.2. The third-order valence-corrected chi connectivity index (χ3v) is 6.62. The molecular formula is C32H59N5O13. The summed E-state index contributed by atoms with van der Waals surface area (Å²) >= 11 is 0. The topological polar surface area (TPSA) is 268 Å². The molecule has 0 aliphatic carbocycles. The standard InChI is InChI=1S/C30H53N5O13.C2H6/c1-2-24(36)32-14-16-46-18-20-48-21-19-47-17-15-33-25(37)8-6-4-3-5-7-13-31-26(38)11-9-22(28(41)42)34-30(45)35-23(29(43)44)10-12-27(39)40;1-2/h22-23H,2-21H2,1H3,(H,31,38)(H,32,36)(H,33,37)(H,39,40)(H,41,42)(H,43,44)(H2,34,35,45);1-2H3. The molecule has 18 heteroatoms. The van der Waals surface area contributed by atoms with E-state index in [0.717, 1.165) is 25.7 Å². The van der Waals surface area contributed by atoms with Gasteiger partial charge in [-0.25, -0.2) is 14.4 Å². The average Bonchev–Trinajstić information content (AvgIpc) is 3.08. The van der Waals surface area contributed by atoms with Crippen LogP contribution in [0.2, 0.25) is 0 Å². The molecule has 290 valence electrons. The van der Waals surface area contributed by atoms with Crippen molar-refractivity contribution in [3.63, 3.8) is 0 Å². The Morgan fingerprint density at radius 2 is 0.940 bits per heavy atom. The molecule has 0 saturated carbocycles. The summed E-state index contributed by atoms with van der Waals surface area (Å²) in [7, 11) is 0. The number of aliphatic carboxylic acids is 3. The zero-order chi connectivity index (χ0) is 38.0. The van der Waals surface area contributed by atoms with Gasteiger partial charge in [-0.1, -0.05) is 40.0 Å². The molecule has 0 fully saturated rings. The number of hydrogen-bond donors (Lipinski definition) is 8. The number of ether oxygens (including phenoxy) is 3. The van der Waals surface area contributed by atoms with E-state index in [4.69, 9.17) is 24.4 Å². The van der Waals surface area contributed by atoms with Crippen molar-refractivity contribution in [2.24, 2.45) is 0 Å². The first-order chi connectivity index (χ1) is 24.0. The zero-order valence-electron chi connectivity index (χ0n) is 29.7. The summed E-state index contributed by atoms with van der Waals surface area (Å²) in [5.41, 5.74) is 0. The van der Waals surface area contributed by atoms with E-state index < -0.39 is 48.4 Å². The van der Waals surface area contributed by atoms with Gasteiger partial charge in [-0.05, 0) is 25.7 Å². The van der Waals surface area contributed by atoms with Crippen LogP contribution in [0.25, 0.3) is 0 Å². The second-order valence-corrected chi connectivity index (χ2v) is 10.6.